The van der Waals surface area contributed by atoms with E-state index in [9.17, 15) is 4.79 Å². The molecule has 1 aromatic heterocycles. The lowest BCUT2D eigenvalue weighted by molar-refractivity contribution is -0.123. The third-order valence-corrected chi connectivity index (χ3v) is 5.43. The molecule has 110 valence electrons. The second-order valence-corrected chi connectivity index (χ2v) is 7.00. The Hall–Kier alpha value is -0.940. The number of hydrogen-bond donors (Lipinski definition) is 2. The molecule has 2 N–H and O–H groups in total. The molecule has 2 saturated heterocycles. The van der Waals surface area contributed by atoms with Gasteiger partial charge in [0, 0.05) is 30.1 Å². The Morgan fingerprint density at radius 1 is 1.50 bits per heavy atom. The van der Waals surface area contributed by atoms with E-state index in [0.717, 1.165) is 24.3 Å². The second kappa shape index (κ2) is 6.22. The van der Waals surface area contributed by atoms with Gasteiger partial charge in [0.2, 0.25) is 5.91 Å². The maximum atomic E-state index is 12.3. The van der Waals surface area contributed by atoms with Gasteiger partial charge in [0.15, 0.2) is 0 Å². The summed E-state index contributed by atoms with van der Waals surface area (Å²) >= 11 is 1.62. The van der Waals surface area contributed by atoms with E-state index in [0.29, 0.717) is 24.4 Å². The van der Waals surface area contributed by atoms with Crippen molar-refractivity contribution in [1.29, 1.82) is 0 Å². The third kappa shape index (κ3) is 3.20. The highest BCUT2D eigenvalue weighted by atomic mass is 32.1. The molecule has 0 aliphatic carbocycles. The molecule has 4 nitrogen and oxygen atoms in total. The SMILES string of the molecule is CCC(NC(=O)CC1CC2CCC(C1)N2)c1nccs1. The third-order valence-electron chi connectivity index (χ3n) is 4.54. The van der Waals surface area contributed by atoms with Gasteiger partial charge >= 0.3 is 0 Å². The van der Waals surface area contributed by atoms with Crippen LogP contribution in [0.25, 0.3) is 0 Å². The Bertz CT molecular complexity index is 436. The summed E-state index contributed by atoms with van der Waals surface area (Å²) in [6, 6.07) is 1.40. The van der Waals surface area contributed by atoms with Gasteiger partial charge in [-0.15, -0.1) is 11.3 Å². The molecule has 3 rings (SSSR count). The molecule has 1 aromatic rings. The molecule has 2 bridgehead atoms. The second-order valence-electron chi connectivity index (χ2n) is 6.08. The molecule has 2 fully saturated rings. The Labute approximate surface area is 124 Å². The summed E-state index contributed by atoms with van der Waals surface area (Å²) in [5, 5.41) is 9.77. The van der Waals surface area contributed by atoms with Crippen LogP contribution in [0.1, 0.15) is 56.5 Å². The molecule has 5 heteroatoms. The lowest BCUT2D eigenvalue weighted by Gasteiger charge is -2.29. The minimum absolute atomic E-state index is 0.0842. The van der Waals surface area contributed by atoms with E-state index in [4.69, 9.17) is 0 Å². The van der Waals surface area contributed by atoms with Crippen molar-refractivity contribution in [3.63, 3.8) is 0 Å². The smallest absolute Gasteiger partial charge is 0.220 e. The summed E-state index contributed by atoms with van der Waals surface area (Å²) in [6.45, 7) is 2.09. The van der Waals surface area contributed by atoms with Gasteiger partial charge in [-0.25, -0.2) is 4.98 Å². The number of fused-ring (bicyclic) bond motifs is 2. The largest absolute Gasteiger partial charge is 0.347 e. The standard InChI is InChI=1S/C15H23N3OS/c1-2-13(15-16-5-6-20-15)18-14(19)9-10-7-11-3-4-12(8-10)17-11/h5-6,10-13,17H,2-4,7-9H2,1H3,(H,18,19). The van der Waals surface area contributed by atoms with Crippen LogP contribution in [-0.4, -0.2) is 23.0 Å². The van der Waals surface area contributed by atoms with Gasteiger partial charge in [0.1, 0.15) is 5.01 Å². The van der Waals surface area contributed by atoms with Crippen LogP contribution in [0.5, 0.6) is 0 Å². The van der Waals surface area contributed by atoms with Crippen LogP contribution in [0.3, 0.4) is 0 Å². The Kier molecular flexibility index (Phi) is 4.36. The minimum atomic E-state index is 0.0842. The lowest BCUT2D eigenvalue weighted by Crippen LogP contribution is -2.40. The number of carbonyl (C=O) groups is 1. The summed E-state index contributed by atoms with van der Waals surface area (Å²) in [7, 11) is 0. The van der Waals surface area contributed by atoms with E-state index < -0.39 is 0 Å². The zero-order valence-electron chi connectivity index (χ0n) is 12.0. The van der Waals surface area contributed by atoms with Crippen molar-refractivity contribution in [2.75, 3.05) is 0 Å². The van der Waals surface area contributed by atoms with Crippen LogP contribution >= 0.6 is 11.3 Å². The van der Waals surface area contributed by atoms with E-state index in [2.05, 4.69) is 22.5 Å². The van der Waals surface area contributed by atoms with Gasteiger partial charge in [0.05, 0.1) is 6.04 Å². The highest BCUT2D eigenvalue weighted by Crippen LogP contribution is 2.32. The molecule has 3 unspecified atom stereocenters. The van der Waals surface area contributed by atoms with Crippen LogP contribution in [0, 0.1) is 5.92 Å². The molecule has 2 aliphatic heterocycles. The normalized spacial score (nSPS) is 30.1. The van der Waals surface area contributed by atoms with Crippen molar-refractivity contribution >= 4 is 17.2 Å². The van der Waals surface area contributed by atoms with E-state index >= 15 is 0 Å². The van der Waals surface area contributed by atoms with Crippen LogP contribution in [0.2, 0.25) is 0 Å². The average molecular weight is 293 g/mol. The van der Waals surface area contributed by atoms with Crippen molar-refractivity contribution in [3.05, 3.63) is 16.6 Å². The molecule has 0 saturated carbocycles. The van der Waals surface area contributed by atoms with Gasteiger partial charge in [-0.3, -0.25) is 4.79 Å². The van der Waals surface area contributed by atoms with Gasteiger partial charge in [-0.05, 0) is 38.0 Å². The highest BCUT2D eigenvalue weighted by molar-refractivity contribution is 7.09. The van der Waals surface area contributed by atoms with Crippen molar-refractivity contribution in [2.45, 2.75) is 63.6 Å². The Morgan fingerprint density at radius 3 is 2.85 bits per heavy atom. The number of nitrogens with zero attached hydrogens (tertiary/aromatic N) is 1. The Morgan fingerprint density at radius 2 is 2.25 bits per heavy atom. The number of nitrogens with one attached hydrogen (secondary N) is 2. The molecular weight excluding hydrogens is 270 g/mol. The molecule has 0 aromatic carbocycles. The summed E-state index contributed by atoms with van der Waals surface area (Å²) in [4.78, 5) is 16.6. The number of piperidine rings is 1. The van der Waals surface area contributed by atoms with Crippen LogP contribution < -0.4 is 10.6 Å². The molecule has 0 spiro atoms. The average Bonchev–Trinajstić information content (AvgIpc) is 3.06. The van der Waals surface area contributed by atoms with Crippen molar-refractivity contribution in [1.82, 2.24) is 15.6 Å². The van der Waals surface area contributed by atoms with Gasteiger partial charge < -0.3 is 10.6 Å². The van der Waals surface area contributed by atoms with Crippen molar-refractivity contribution < 1.29 is 4.79 Å². The quantitative estimate of drug-likeness (QED) is 0.877. The molecule has 1 amide bonds. The number of thiazole rings is 1. The molecule has 3 atom stereocenters. The van der Waals surface area contributed by atoms with Crippen LogP contribution in [-0.2, 0) is 4.79 Å². The van der Waals surface area contributed by atoms with E-state index in [-0.39, 0.29) is 11.9 Å². The highest BCUT2D eigenvalue weighted by Gasteiger charge is 2.34. The van der Waals surface area contributed by atoms with Gasteiger partial charge in [0.25, 0.3) is 0 Å². The van der Waals surface area contributed by atoms with Crippen LogP contribution in [0.15, 0.2) is 11.6 Å². The van der Waals surface area contributed by atoms with E-state index in [1.165, 1.54) is 12.8 Å². The lowest BCUT2D eigenvalue weighted by atomic mass is 9.89. The van der Waals surface area contributed by atoms with Crippen LogP contribution in [0.4, 0.5) is 0 Å². The first-order valence-corrected chi connectivity index (χ1v) is 8.57. The molecule has 3 heterocycles. The fourth-order valence-corrected chi connectivity index (χ4v) is 4.37. The first-order valence-electron chi connectivity index (χ1n) is 7.69. The fraction of sp³-hybridized carbons (Fsp3) is 0.733. The predicted molar refractivity (Wildman–Crippen MR) is 80.6 cm³/mol. The molecular formula is C15H23N3OS. The molecule has 20 heavy (non-hydrogen) atoms. The van der Waals surface area contributed by atoms with Gasteiger partial charge in [-0.1, -0.05) is 6.92 Å². The number of amides is 1. The molecule has 0 radical (unpaired) electrons. The molecule has 2 aliphatic rings. The zero-order chi connectivity index (χ0) is 13.9. The van der Waals surface area contributed by atoms with Gasteiger partial charge in [-0.2, -0.15) is 0 Å². The summed E-state index contributed by atoms with van der Waals surface area (Å²) < 4.78 is 0. The van der Waals surface area contributed by atoms with Crippen molar-refractivity contribution in [2.24, 2.45) is 5.92 Å². The van der Waals surface area contributed by atoms with E-state index in [1.807, 2.05) is 5.38 Å². The fourth-order valence-electron chi connectivity index (χ4n) is 3.60. The monoisotopic (exact) mass is 293 g/mol. The minimum Gasteiger partial charge on any atom is -0.347 e. The van der Waals surface area contributed by atoms with E-state index in [1.54, 1.807) is 17.5 Å². The van der Waals surface area contributed by atoms with Crippen molar-refractivity contribution in [3.8, 4) is 0 Å². The maximum Gasteiger partial charge on any atom is 0.220 e. The predicted octanol–water partition coefficient (Wildman–Crippen LogP) is 2.63. The first-order chi connectivity index (χ1) is 9.74. The number of rotatable bonds is 5. The Balaban J connectivity index is 1.51. The maximum absolute atomic E-state index is 12.3. The topological polar surface area (TPSA) is 54.0 Å². The first kappa shape index (κ1) is 14.0. The summed E-state index contributed by atoms with van der Waals surface area (Å²) in [6.07, 6.45) is 8.29. The number of carbonyl (C=O) groups excluding carboxylic acids is 1. The number of aromatic nitrogens is 1. The summed E-state index contributed by atoms with van der Waals surface area (Å²) in [5.41, 5.74) is 0. The number of hydrogen-bond acceptors (Lipinski definition) is 4. The summed E-state index contributed by atoms with van der Waals surface area (Å²) in [5.74, 6) is 0.751. The zero-order valence-corrected chi connectivity index (χ0v) is 12.8.